The van der Waals surface area contributed by atoms with E-state index in [1.807, 2.05) is 36.4 Å². The van der Waals surface area contributed by atoms with E-state index in [-0.39, 0.29) is 11.5 Å². The molecule has 0 saturated carbocycles. The van der Waals surface area contributed by atoms with Crippen LogP contribution >= 0.6 is 39.1 Å². The number of ether oxygens (including phenoxy) is 1. The molecule has 1 heterocycles. The third-order valence-electron chi connectivity index (χ3n) is 5.68. The number of para-hydroxylation sites is 1. The first-order valence-electron chi connectivity index (χ1n) is 11.0. The molecular formula is C27H22BrCl2N3O2. The van der Waals surface area contributed by atoms with Gasteiger partial charge in [-0.25, -0.2) is 0 Å². The van der Waals surface area contributed by atoms with Crippen molar-refractivity contribution in [1.82, 2.24) is 4.90 Å². The maximum absolute atomic E-state index is 13.0. The van der Waals surface area contributed by atoms with Gasteiger partial charge < -0.3 is 14.5 Å². The number of halogens is 3. The zero-order valence-corrected chi connectivity index (χ0v) is 21.9. The van der Waals surface area contributed by atoms with Crippen molar-refractivity contribution in [1.29, 1.82) is 5.26 Å². The van der Waals surface area contributed by atoms with E-state index in [0.717, 1.165) is 29.9 Å². The van der Waals surface area contributed by atoms with Crippen LogP contribution in [0.25, 0.3) is 6.08 Å². The molecule has 1 aliphatic rings. The average molecular weight is 571 g/mol. The van der Waals surface area contributed by atoms with E-state index in [9.17, 15) is 10.1 Å². The molecule has 35 heavy (non-hydrogen) atoms. The highest BCUT2D eigenvalue weighted by Gasteiger charge is 2.24. The van der Waals surface area contributed by atoms with Crippen LogP contribution in [0.4, 0.5) is 5.69 Å². The fourth-order valence-electron chi connectivity index (χ4n) is 3.80. The standard InChI is InChI=1S/C27H22BrCl2N3O2/c28-23-15-19(7-9-26(23)35-18-20-6-8-24(29)25(30)16-20)14-21(17-31)27(34)33-12-10-32(11-13-33)22-4-2-1-3-5-22/h1-9,14-16H,10-13,18H2/b21-14-. The fourth-order valence-corrected chi connectivity index (χ4v) is 4.63. The number of anilines is 1. The number of amides is 1. The summed E-state index contributed by atoms with van der Waals surface area (Å²) in [7, 11) is 0. The molecule has 0 bridgehead atoms. The van der Waals surface area contributed by atoms with Crippen molar-refractivity contribution in [3.63, 3.8) is 0 Å². The quantitative estimate of drug-likeness (QED) is 0.248. The molecule has 1 fully saturated rings. The van der Waals surface area contributed by atoms with Gasteiger partial charge in [-0.05, 0) is 69.5 Å². The summed E-state index contributed by atoms with van der Waals surface area (Å²) in [5.74, 6) is 0.381. The molecule has 8 heteroatoms. The number of piperazine rings is 1. The zero-order chi connectivity index (χ0) is 24.8. The Bertz CT molecular complexity index is 1280. The molecule has 0 aromatic heterocycles. The highest BCUT2D eigenvalue weighted by Crippen LogP contribution is 2.29. The Kier molecular flexibility index (Phi) is 8.35. The van der Waals surface area contributed by atoms with Crippen LogP contribution in [-0.2, 0) is 11.4 Å². The summed E-state index contributed by atoms with van der Waals surface area (Å²) in [6, 6.07) is 23.0. The molecule has 0 radical (unpaired) electrons. The van der Waals surface area contributed by atoms with Crippen LogP contribution in [0.15, 0.2) is 76.8 Å². The number of carbonyl (C=O) groups excluding carboxylic acids is 1. The Morgan fingerprint density at radius 1 is 1.00 bits per heavy atom. The number of rotatable bonds is 6. The monoisotopic (exact) mass is 569 g/mol. The van der Waals surface area contributed by atoms with Gasteiger partial charge in [0.05, 0.1) is 14.5 Å². The van der Waals surface area contributed by atoms with Gasteiger partial charge in [-0.1, -0.05) is 53.5 Å². The zero-order valence-electron chi connectivity index (χ0n) is 18.8. The molecule has 4 rings (SSSR count). The summed E-state index contributed by atoms with van der Waals surface area (Å²) >= 11 is 15.5. The number of nitriles is 1. The number of nitrogens with zero attached hydrogens (tertiary/aromatic N) is 3. The van der Waals surface area contributed by atoms with E-state index in [1.165, 1.54) is 0 Å². The normalized spacial score (nSPS) is 13.9. The van der Waals surface area contributed by atoms with Crippen LogP contribution in [0, 0.1) is 11.3 Å². The smallest absolute Gasteiger partial charge is 0.264 e. The molecule has 0 N–H and O–H groups in total. The Balaban J connectivity index is 1.39. The number of carbonyl (C=O) groups is 1. The maximum atomic E-state index is 13.0. The molecule has 3 aromatic rings. The Hall–Kier alpha value is -2.98. The molecule has 0 atom stereocenters. The first kappa shape index (κ1) is 25.1. The van der Waals surface area contributed by atoms with Crippen molar-refractivity contribution in [2.45, 2.75) is 6.61 Å². The van der Waals surface area contributed by atoms with Crippen molar-refractivity contribution in [3.8, 4) is 11.8 Å². The summed E-state index contributed by atoms with van der Waals surface area (Å²) in [5.41, 5.74) is 2.86. The first-order valence-corrected chi connectivity index (χ1v) is 12.6. The second-order valence-corrected chi connectivity index (χ2v) is 9.68. The van der Waals surface area contributed by atoms with Gasteiger partial charge in [-0.2, -0.15) is 5.26 Å². The lowest BCUT2D eigenvalue weighted by molar-refractivity contribution is -0.126. The van der Waals surface area contributed by atoms with Gasteiger partial charge in [-0.3, -0.25) is 4.79 Å². The summed E-state index contributed by atoms with van der Waals surface area (Å²) in [6.07, 6.45) is 1.61. The molecule has 1 amide bonds. The summed E-state index contributed by atoms with van der Waals surface area (Å²) in [5, 5.41) is 10.6. The van der Waals surface area contributed by atoms with E-state index in [4.69, 9.17) is 27.9 Å². The van der Waals surface area contributed by atoms with Crippen molar-refractivity contribution in [2.75, 3.05) is 31.1 Å². The van der Waals surface area contributed by atoms with Crippen LogP contribution < -0.4 is 9.64 Å². The van der Waals surface area contributed by atoms with Crippen LogP contribution in [0.3, 0.4) is 0 Å². The SMILES string of the molecule is N#C/C(=C/c1ccc(OCc2ccc(Cl)c(Cl)c2)c(Br)c1)C(=O)N1CCN(c2ccccc2)CC1. The third kappa shape index (κ3) is 6.37. The minimum absolute atomic E-state index is 0.106. The van der Waals surface area contributed by atoms with Gasteiger partial charge in [0.25, 0.3) is 5.91 Å². The summed E-state index contributed by atoms with van der Waals surface area (Å²) in [6.45, 7) is 2.91. The molecule has 5 nitrogen and oxygen atoms in total. The fraction of sp³-hybridized carbons (Fsp3) is 0.185. The van der Waals surface area contributed by atoms with Crippen LogP contribution in [0.2, 0.25) is 10.0 Å². The van der Waals surface area contributed by atoms with E-state index in [0.29, 0.717) is 40.0 Å². The lowest BCUT2D eigenvalue weighted by Gasteiger charge is -2.36. The van der Waals surface area contributed by atoms with Gasteiger partial charge in [0.1, 0.15) is 24.0 Å². The van der Waals surface area contributed by atoms with E-state index >= 15 is 0 Å². The Morgan fingerprint density at radius 2 is 1.74 bits per heavy atom. The van der Waals surface area contributed by atoms with Crippen molar-refractivity contribution >= 4 is 56.8 Å². The molecule has 0 unspecified atom stereocenters. The van der Waals surface area contributed by atoms with Gasteiger partial charge in [0.15, 0.2) is 0 Å². The highest BCUT2D eigenvalue weighted by atomic mass is 79.9. The number of hydrogen-bond acceptors (Lipinski definition) is 4. The molecule has 3 aromatic carbocycles. The van der Waals surface area contributed by atoms with E-state index in [2.05, 4.69) is 39.0 Å². The van der Waals surface area contributed by atoms with Crippen LogP contribution in [-0.4, -0.2) is 37.0 Å². The molecular weight excluding hydrogens is 549 g/mol. The van der Waals surface area contributed by atoms with Gasteiger partial charge in [0.2, 0.25) is 0 Å². The molecule has 0 spiro atoms. The van der Waals surface area contributed by atoms with Gasteiger partial charge >= 0.3 is 0 Å². The molecule has 178 valence electrons. The minimum Gasteiger partial charge on any atom is -0.488 e. The van der Waals surface area contributed by atoms with Crippen molar-refractivity contribution in [3.05, 3.63) is 97.9 Å². The van der Waals surface area contributed by atoms with Gasteiger partial charge in [-0.15, -0.1) is 0 Å². The van der Waals surface area contributed by atoms with Crippen LogP contribution in [0.5, 0.6) is 5.75 Å². The van der Waals surface area contributed by atoms with Crippen molar-refractivity contribution in [2.24, 2.45) is 0 Å². The Labute approximate surface area is 223 Å². The topological polar surface area (TPSA) is 56.6 Å². The second-order valence-electron chi connectivity index (χ2n) is 8.01. The van der Waals surface area contributed by atoms with Crippen molar-refractivity contribution < 1.29 is 9.53 Å². The largest absolute Gasteiger partial charge is 0.488 e. The predicted octanol–water partition coefficient (Wildman–Crippen LogP) is 6.59. The molecule has 0 aliphatic carbocycles. The lowest BCUT2D eigenvalue weighted by Crippen LogP contribution is -2.49. The Morgan fingerprint density at radius 3 is 2.40 bits per heavy atom. The van der Waals surface area contributed by atoms with E-state index < -0.39 is 0 Å². The minimum atomic E-state index is -0.253. The highest BCUT2D eigenvalue weighted by molar-refractivity contribution is 9.10. The molecule has 1 saturated heterocycles. The van der Waals surface area contributed by atoms with Crippen LogP contribution in [0.1, 0.15) is 11.1 Å². The lowest BCUT2D eigenvalue weighted by atomic mass is 10.1. The number of hydrogen-bond donors (Lipinski definition) is 0. The average Bonchev–Trinajstić information content (AvgIpc) is 2.89. The summed E-state index contributed by atoms with van der Waals surface area (Å²) < 4.78 is 6.59. The predicted molar refractivity (Wildman–Crippen MR) is 144 cm³/mol. The molecule has 1 aliphatic heterocycles. The van der Waals surface area contributed by atoms with Gasteiger partial charge in [0, 0.05) is 31.9 Å². The third-order valence-corrected chi connectivity index (χ3v) is 7.04. The second kappa shape index (κ2) is 11.6. The maximum Gasteiger partial charge on any atom is 0.264 e. The summed E-state index contributed by atoms with van der Waals surface area (Å²) in [4.78, 5) is 17.0. The number of benzene rings is 3. The first-order chi connectivity index (χ1) is 16.9. The van der Waals surface area contributed by atoms with E-state index in [1.54, 1.807) is 29.2 Å².